The summed E-state index contributed by atoms with van der Waals surface area (Å²) in [4.78, 5) is 12.4. The number of carbonyl (C=O) groups is 1. The Labute approximate surface area is 119 Å². The lowest BCUT2D eigenvalue weighted by atomic mass is 9.77. The first-order valence-electron chi connectivity index (χ1n) is 7.15. The molecule has 0 unspecified atom stereocenters. The molecule has 1 amide bonds. The molecule has 102 valence electrons. The van der Waals surface area contributed by atoms with E-state index in [1.54, 1.807) is 0 Å². The van der Waals surface area contributed by atoms with E-state index in [-0.39, 0.29) is 17.7 Å². The number of hydrogen-bond donors (Lipinski definition) is 1. The highest BCUT2D eigenvalue weighted by atomic mass is 16.1. The predicted molar refractivity (Wildman–Crippen MR) is 80.7 cm³/mol. The van der Waals surface area contributed by atoms with Crippen LogP contribution in [0.1, 0.15) is 34.9 Å². The maximum Gasteiger partial charge on any atom is 0.228 e. The van der Waals surface area contributed by atoms with Crippen molar-refractivity contribution in [3.8, 4) is 0 Å². The Kier molecular flexibility index (Phi) is 3.55. The molecule has 2 aromatic rings. The molecule has 0 spiro atoms. The smallest absolute Gasteiger partial charge is 0.228 e. The van der Waals surface area contributed by atoms with Gasteiger partial charge in [0.25, 0.3) is 0 Å². The minimum Gasteiger partial charge on any atom is -0.356 e. The van der Waals surface area contributed by atoms with E-state index in [2.05, 4.69) is 48.6 Å². The molecule has 1 aliphatic rings. The van der Waals surface area contributed by atoms with E-state index in [4.69, 9.17) is 0 Å². The monoisotopic (exact) mass is 265 g/mol. The molecule has 0 radical (unpaired) electrons. The quantitative estimate of drug-likeness (QED) is 0.886. The van der Waals surface area contributed by atoms with Gasteiger partial charge in [0, 0.05) is 12.5 Å². The highest BCUT2D eigenvalue weighted by Gasteiger charge is 2.33. The second kappa shape index (κ2) is 5.49. The fourth-order valence-corrected chi connectivity index (χ4v) is 3.03. The van der Waals surface area contributed by atoms with Gasteiger partial charge in [-0.3, -0.25) is 4.79 Å². The van der Waals surface area contributed by atoms with E-state index in [0.29, 0.717) is 0 Å². The van der Waals surface area contributed by atoms with Crippen LogP contribution in [0.2, 0.25) is 0 Å². The number of carbonyl (C=O) groups excluding carboxylic acids is 1. The molecule has 1 heterocycles. The van der Waals surface area contributed by atoms with Crippen molar-refractivity contribution in [3.05, 3.63) is 71.3 Å². The lowest BCUT2D eigenvalue weighted by molar-refractivity contribution is -0.124. The van der Waals surface area contributed by atoms with Crippen molar-refractivity contribution in [2.75, 3.05) is 6.54 Å². The zero-order chi connectivity index (χ0) is 13.9. The van der Waals surface area contributed by atoms with E-state index in [1.165, 1.54) is 11.1 Å². The third-order valence-corrected chi connectivity index (χ3v) is 4.10. The molecule has 1 saturated heterocycles. The summed E-state index contributed by atoms with van der Waals surface area (Å²) in [6.45, 7) is 2.83. The Hall–Kier alpha value is -2.09. The number of aryl methyl sites for hydroxylation is 1. The second-order valence-corrected chi connectivity index (χ2v) is 5.49. The molecule has 1 fully saturated rings. The van der Waals surface area contributed by atoms with Gasteiger partial charge in [-0.05, 0) is 24.5 Å². The largest absolute Gasteiger partial charge is 0.356 e. The summed E-state index contributed by atoms with van der Waals surface area (Å²) in [5, 5.41) is 3.01. The Balaban J connectivity index is 1.99. The summed E-state index contributed by atoms with van der Waals surface area (Å²) in [7, 11) is 0. The van der Waals surface area contributed by atoms with Crippen LogP contribution in [0, 0.1) is 6.92 Å². The molecule has 2 heteroatoms. The van der Waals surface area contributed by atoms with Gasteiger partial charge in [-0.25, -0.2) is 0 Å². The second-order valence-electron chi connectivity index (χ2n) is 5.49. The average Bonchev–Trinajstić information content (AvgIpc) is 2.49. The van der Waals surface area contributed by atoms with Gasteiger partial charge in [0.05, 0.1) is 5.92 Å². The number of nitrogens with one attached hydrogen (secondary N) is 1. The first-order valence-corrected chi connectivity index (χ1v) is 7.15. The Morgan fingerprint density at radius 2 is 1.65 bits per heavy atom. The van der Waals surface area contributed by atoms with Crippen molar-refractivity contribution in [3.63, 3.8) is 0 Å². The first-order chi connectivity index (χ1) is 9.75. The summed E-state index contributed by atoms with van der Waals surface area (Å²) in [6, 6.07) is 18.7. The standard InChI is InChI=1S/C18H19NO/c1-13-7-9-15(10-8-13)17-16(11-12-19-18(17)20)14-5-3-2-4-6-14/h2-10,16-17H,11-12H2,1H3,(H,19,20)/t16-,17-/m1/s1. The van der Waals surface area contributed by atoms with Gasteiger partial charge in [-0.2, -0.15) is 0 Å². The Bertz CT molecular complexity index is 589. The molecule has 1 N–H and O–H groups in total. The molecule has 0 aromatic heterocycles. The van der Waals surface area contributed by atoms with Crippen LogP contribution in [-0.4, -0.2) is 12.5 Å². The lowest BCUT2D eigenvalue weighted by Gasteiger charge is -2.32. The molecule has 0 saturated carbocycles. The highest BCUT2D eigenvalue weighted by Crippen LogP contribution is 2.37. The van der Waals surface area contributed by atoms with Gasteiger partial charge >= 0.3 is 0 Å². The molecule has 2 aromatic carbocycles. The summed E-state index contributed by atoms with van der Waals surface area (Å²) < 4.78 is 0. The van der Waals surface area contributed by atoms with E-state index in [1.807, 2.05) is 18.2 Å². The Morgan fingerprint density at radius 1 is 0.950 bits per heavy atom. The fourth-order valence-electron chi connectivity index (χ4n) is 3.03. The van der Waals surface area contributed by atoms with E-state index < -0.39 is 0 Å². The van der Waals surface area contributed by atoms with Crippen LogP contribution >= 0.6 is 0 Å². The maximum absolute atomic E-state index is 12.4. The maximum atomic E-state index is 12.4. The molecule has 3 rings (SSSR count). The number of rotatable bonds is 2. The lowest BCUT2D eigenvalue weighted by Crippen LogP contribution is -2.39. The van der Waals surface area contributed by atoms with Gasteiger partial charge in [-0.15, -0.1) is 0 Å². The number of benzene rings is 2. The third-order valence-electron chi connectivity index (χ3n) is 4.10. The van der Waals surface area contributed by atoms with Crippen LogP contribution in [-0.2, 0) is 4.79 Å². The van der Waals surface area contributed by atoms with Crippen molar-refractivity contribution in [1.82, 2.24) is 5.32 Å². The summed E-state index contributed by atoms with van der Waals surface area (Å²) in [5.74, 6) is 0.341. The van der Waals surface area contributed by atoms with Crippen LogP contribution in [0.4, 0.5) is 0 Å². The number of hydrogen-bond acceptors (Lipinski definition) is 1. The minimum absolute atomic E-state index is 0.0771. The molecule has 2 nitrogen and oxygen atoms in total. The van der Waals surface area contributed by atoms with E-state index >= 15 is 0 Å². The number of amides is 1. The summed E-state index contributed by atoms with van der Waals surface area (Å²) in [5.41, 5.74) is 3.59. The Morgan fingerprint density at radius 3 is 2.35 bits per heavy atom. The van der Waals surface area contributed by atoms with Crippen LogP contribution in [0.25, 0.3) is 0 Å². The van der Waals surface area contributed by atoms with Crippen LogP contribution < -0.4 is 5.32 Å². The minimum atomic E-state index is -0.0771. The van der Waals surface area contributed by atoms with Gasteiger partial charge in [0.15, 0.2) is 0 Å². The van der Waals surface area contributed by atoms with Crippen molar-refractivity contribution in [1.29, 1.82) is 0 Å². The predicted octanol–water partition coefficient (Wildman–Crippen LogP) is 3.38. The van der Waals surface area contributed by atoms with Crippen LogP contribution in [0.15, 0.2) is 54.6 Å². The number of piperidine rings is 1. The zero-order valence-corrected chi connectivity index (χ0v) is 11.7. The van der Waals surface area contributed by atoms with E-state index in [0.717, 1.165) is 18.5 Å². The van der Waals surface area contributed by atoms with Gasteiger partial charge in [0.1, 0.15) is 0 Å². The zero-order valence-electron chi connectivity index (χ0n) is 11.7. The SMILES string of the molecule is Cc1ccc([C@H]2C(=O)NCC[C@@H]2c2ccccc2)cc1. The van der Waals surface area contributed by atoms with Gasteiger partial charge in [0.2, 0.25) is 5.91 Å². The molecule has 0 bridgehead atoms. The molecular formula is C18H19NO. The molecule has 1 aliphatic heterocycles. The van der Waals surface area contributed by atoms with Crippen molar-refractivity contribution in [2.45, 2.75) is 25.2 Å². The molecule has 20 heavy (non-hydrogen) atoms. The third kappa shape index (κ3) is 2.46. The fraction of sp³-hybridized carbons (Fsp3) is 0.278. The van der Waals surface area contributed by atoms with Crippen LogP contribution in [0.5, 0.6) is 0 Å². The van der Waals surface area contributed by atoms with Crippen molar-refractivity contribution in [2.24, 2.45) is 0 Å². The van der Waals surface area contributed by atoms with Crippen LogP contribution in [0.3, 0.4) is 0 Å². The summed E-state index contributed by atoms with van der Waals surface area (Å²) >= 11 is 0. The topological polar surface area (TPSA) is 29.1 Å². The van der Waals surface area contributed by atoms with Gasteiger partial charge < -0.3 is 5.32 Å². The summed E-state index contributed by atoms with van der Waals surface area (Å²) in [6.07, 6.45) is 0.994. The van der Waals surface area contributed by atoms with E-state index in [9.17, 15) is 4.79 Å². The molecular weight excluding hydrogens is 246 g/mol. The normalized spacial score (nSPS) is 22.4. The first kappa shape index (κ1) is 12.9. The van der Waals surface area contributed by atoms with Gasteiger partial charge in [-0.1, -0.05) is 60.2 Å². The van der Waals surface area contributed by atoms with Crippen molar-refractivity contribution < 1.29 is 4.79 Å². The average molecular weight is 265 g/mol. The molecule has 0 aliphatic carbocycles. The highest BCUT2D eigenvalue weighted by molar-refractivity contribution is 5.85. The molecule has 2 atom stereocenters. The van der Waals surface area contributed by atoms with Crippen molar-refractivity contribution >= 4 is 5.91 Å².